The van der Waals surface area contributed by atoms with Crippen LogP contribution < -0.4 is 10.6 Å². The highest BCUT2D eigenvalue weighted by atomic mass is 19.1. The fraction of sp³-hybridized carbons (Fsp3) is 0.641. The first-order chi connectivity index (χ1) is 23.7. The zero-order valence-corrected chi connectivity index (χ0v) is 29.5. The molecule has 9 nitrogen and oxygen atoms in total. The molecule has 2 aromatic heterocycles. The van der Waals surface area contributed by atoms with E-state index in [0.717, 1.165) is 97.8 Å². The van der Waals surface area contributed by atoms with Crippen LogP contribution in [0.4, 0.5) is 10.2 Å². The van der Waals surface area contributed by atoms with Crippen molar-refractivity contribution in [2.75, 3.05) is 11.9 Å². The number of anilines is 1. The second-order valence-corrected chi connectivity index (χ2v) is 15.3. The number of nitrogens with one attached hydrogen (secondary N) is 2. The summed E-state index contributed by atoms with van der Waals surface area (Å²) in [6, 6.07) is 10.8. The van der Waals surface area contributed by atoms with Crippen molar-refractivity contribution in [1.29, 1.82) is 0 Å². The van der Waals surface area contributed by atoms with Gasteiger partial charge < -0.3 is 15.7 Å². The number of aromatic nitrogens is 4. The Hall–Kier alpha value is -3.37. The maximum atomic E-state index is 14.3. The summed E-state index contributed by atoms with van der Waals surface area (Å²) in [7, 11) is 2.01. The first kappa shape index (κ1) is 34.1. The van der Waals surface area contributed by atoms with Gasteiger partial charge in [-0.3, -0.25) is 14.4 Å². The number of carbonyl (C=O) groups is 1. The number of hydrogen-bond donors (Lipinski definition) is 3. The topological polar surface area (TPSA) is 108 Å². The van der Waals surface area contributed by atoms with Gasteiger partial charge in [0.05, 0.1) is 24.2 Å². The lowest BCUT2D eigenvalue weighted by molar-refractivity contribution is -0.143. The average Bonchev–Trinajstić information content (AvgIpc) is 3.54. The molecule has 10 heteroatoms. The van der Waals surface area contributed by atoms with E-state index < -0.39 is 5.97 Å². The van der Waals surface area contributed by atoms with Gasteiger partial charge in [-0.05, 0) is 120 Å². The molecular formula is C39H54FN7O2. The number of benzene rings is 1. The molecule has 2 saturated heterocycles. The molecule has 2 bridgehead atoms. The molecule has 3 N–H and O–H groups in total. The molecule has 0 unspecified atom stereocenters. The molecule has 4 aliphatic rings. The van der Waals surface area contributed by atoms with Gasteiger partial charge in [-0.25, -0.2) is 14.4 Å². The Bertz CT molecular complexity index is 1580. The van der Waals surface area contributed by atoms with Crippen LogP contribution in [0.25, 0.3) is 0 Å². The lowest BCUT2D eigenvalue weighted by atomic mass is 9.78. The van der Waals surface area contributed by atoms with Crippen molar-refractivity contribution >= 4 is 11.8 Å². The average molecular weight is 672 g/mol. The Morgan fingerprint density at radius 2 is 1.82 bits per heavy atom. The molecule has 7 rings (SSSR count). The normalized spacial score (nSPS) is 26.7. The fourth-order valence-corrected chi connectivity index (χ4v) is 9.41. The number of carboxylic acid groups (broad SMARTS) is 1. The summed E-state index contributed by atoms with van der Waals surface area (Å²) in [6.45, 7) is 5.77. The Balaban J connectivity index is 1.17. The highest BCUT2D eigenvalue weighted by Crippen LogP contribution is 2.39. The summed E-state index contributed by atoms with van der Waals surface area (Å²) in [6.07, 6.45) is 13.3. The third-order valence-corrected chi connectivity index (χ3v) is 12.3. The van der Waals surface area contributed by atoms with Crippen molar-refractivity contribution in [3.05, 3.63) is 70.2 Å². The fourth-order valence-electron chi connectivity index (χ4n) is 9.41. The number of fused-ring (bicyclic) bond motifs is 3. The summed E-state index contributed by atoms with van der Waals surface area (Å²) in [4.78, 5) is 24.7. The van der Waals surface area contributed by atoms with Crippen LogP contribution in [0.1, 0.15) is 124 Å². The van der Waals surface area contributed by atoms with Gasteiger partial charge in [0.25, 0.3) is 0 Å². The predicted octanol–water partition coefficient (Wildman–Crippen LogP) is 6.86. The van der Waals surface area contributed by atoms with Gasteiger partial charge in [0.2, 0.25) is 0 Å². The van der Waals surface area contributed by atoms with Crippen molar-refractivity contribution in [1.82, 2.24) is 30.0 Å². The first-order valence-electron chi connectivity index (χ1n) is 18.9. The molecular weight excluding hydrogens is 617 g/mol. The number of carboxylic acids is 1. The maximum absolute atomic E-state index is 14.3. The van der Waals surface area contributed by atoms with E-state index in [9.17, 15) is 14.3 Å². The summed E-state index contributed by atoms with van der Waals surface area (Å²) in [5, 5.41) is 22.2. The zero-order chi connectivity index (χ0) is 34.1. The van der Waals surface area contributed by atoms with Crippen LogP contribution in [0.15, 0.2) is 30.3 Å². The molecule has 1 saturated carbocycles. The van der Waals surface area contributed by atoms with Crippen LogP contribution in [0.5, 0.6) is 0 Å². The van der Waals surface area contributed by atoms with E-state index in [1.165, 1.54) is 38.2 Å². The summed E-state index contributed by atoms with van der Waals surface area (Å²) >= 11 is 0. The van der Waals surface area contributed by atoms with E-state index >= 15 is 0 Å². The number of hydrogen-bond acceptors (Lipinski definition) is 7. The first-order valence-corrected chi connectivity index (χ1v) is 18.9. The van der Waals surface area contributed by atoms with Gasteiger partial charge in [-0.2, -0.15) is 5.10 Å². The van der Waals surface area contributed by atoms with Crippen LogP contribution in [-0.2, 0) is 31.2 Å². The lowest BCUT2D eigenvalue weighted by Gasteiger charge is -2.37. The second-order valence-electron chi connectivity index (χ2n) is 15.3. The number of halogens is 1. The molecule has 4 heterocycles. The molecule has 5 atom stereocenters. The van der Waals surface area contributed by atoms with Crippen LogP contribution in [-0.4, -0.2) is 60.4 Å². The van der Waals surface area contributed by atoms with Crippen molar-refractivity contribution in [2.24, 2.45) is 18.9 Å². The number of nitrogens with zero attached hydrogens (tertiary/aromatic N) is 5. The van der Waals surface area contributed by atoms with Crippen LogP contribution in [0.2, 0.25) is 0 Å². The van der Waals surface area contributed by atoms with Gasteiger partial charge in [-0.1, -0.05) is 25.5 Å². The minimum absolute atomic E-state index is 0.0248. The molecule has 0 amide bonds. The van der Waals surface area contributed by atoms with Crippen LogP contribution in [0, 0.1) is 24.6 Å². The Kier molecular flexibility index (Phi) is 10.3. The van der Waals surface area contributed by atoms with Crippen molar-refractivity contribution in [2.45, 2.75) is 134 Å². The van der Waals surface area contributed by atoms with E-state index in [4.69, 9.17) is 15.1 Å². The summed E-state index contributed by atoms with van der Waals surface area (Å²) < 4.78 is 16.3. The number of rotatable bonds is 12. The highest BCUT2D eigenvalue weighted by molar-refractivity contribution is 5.70. The lowest BCUT2D eigenvalue weighted by Crippen LogP contribution is -2.43. The molecule has 1 aromatic carbocycles. The number of aryl methyl sites for hydroxylation is 3. The van der Waals surface area contributed by atoms with E-state index in [2.05, 4.69) is 35.4 Å². The van der Waals surface area contributed by atoms with E-state index in [1.807, 2.05) is 23.9 Å². The largest absolute Gasteiger partial charge is 0.481 e. The standard InChI is InChI=1S/C39H54FN7O2/c1-4-33(25-11-13-26(14-12-25)39(48)49)41-22-37-42-34-18-15-28(27-7-5-8-29(40)20-27)21-32(34)38(44-37)43-36(35-19-24(2)46(3)45-35)23-47-30-9-6-10-31(47)17-16-30/h5,7-8,19-20,25-26,28,30-31,33,36,41H,4,6,9-18,21-23H2,1-3H3,(H,48,49)(H,42,43,44)/t25?,26?,28-,30+,31+,33-,36+/m1/s1. The van der Waals surface area contributed by atoms with E-state index in [0.29, 0.717) is 30.6 Å². The van der Waals surface area contributed by atoms with Gasteiger partial charge in [0.15, 0.2) is 0 Å². The monoisotopic (exact) mass is 671 g/mol. The zero-order valence-electron chi connectivity index (χ0n) is 29.5. The molecule has 3 fully saturated rings. The molecule has 0 radical (unpaired) electrons. The van der Waals surface area contributed by atoms with Gasteiger partial charge in [0, 0.05) is 48.7 Å². The van der Waals surface area contributed by atoms with Crippen LogP contribution >= 0.6 is 0 Å². The number of aliphatic carboxylic acids is 1. The Morgan fingerprint density at radius 1 is 1.04 bits per heavy atom. The molecule has 0 spiro atoms. The van der Waals surface area contributed by atoms with Crippen molar-refractivity contribution in [3.63, 3.8) is 0 Å². The molecule has 49 heavy (non-hydrogen) atoms. The van der Waals surface area contributed by atoms with E-state index in [-0.39, 0.29) is 23.7 Å². The quantitative estimate of drug-likeness (QED) is 0.192. The summed E-state index contributed by atoms with van der Waals surface area (Å²) in [5.41, 5.74) is 5.44. The van der Waals surface area contributed by atoms with Crippen LogP contribution in [0.3, 0.4) is 0 Å². The molecule has 2 aliphatic carbocycles. The third kappa shape index (κ3) is 7.55. The molecule has 2 aliphatic heterocycles. The van der Waals surface area contributed by atoms with Crippen molar-refractivity contribution in [3.8, 4) is 0 Å². The van der Waals surface area contributed by atoms with E-state index in [1.54, 1.807) is 6.07 Å². The van der Waals surface area contributed by atoms with Gasteiger partial charge in [-0.15, -0.1) is 0 Å². The third-order valence-electron chi connectivity index (χ3n) is 12.3. The molecule has 3 aromatic rings. The minimum atomic E-state index is -0.659. The molecule has 264 valence electrons. The Labute approximate surface area is 290 Å². The van der Waals surface area contributed by atoms with Crippen molar-refractivity contribution < 1.29 is 14.3 Å². The minimum Gasteiger partial charge on any atom is -0.481 e. The SMILES string of the molecule is CC[C@@H](NCc1nc2c(c(N[C@@H](CN3[C@H]4CCC[C@H]3CC4)c3cc(C)n(C)n3)n1)C[C@H](c1cccc(F)c1)CC2)C1CCC(C(=O)O)CC1. The highest BCUT2D eigenvalue weighted by Gasteiger charge is 2.39. The predicted molar refractivity (Wildman–Crippen MR) is 189 cm³/mol. The van der Waals surface area contributed by atoms with Gasteiger partial charge >= 0.3 is 5.97 Å². The summed E-state index contributed by atoms with van der Waals surface area (Å²) in [5.74, 6) is 1.28. The Morgan fingerprint density at radius 3 is 2.49 bits per heavy atom. The second kappa shape index (κ2) is 14.9. The number of piperidine rings is 1. The van der Waals surface area contributed by atoms with Gasteiger partial charge in [0.1, 0.15) is 17.5 Å². The smallest absolute Gasteiger partial charge is 0.306 e. The maximum Gasteiger partial charge on any atom is 0.306 e.